The molecule has 0 amide bonds. The number of hydrogen-bond donors (Lipinski definition) is 1. The van der Waals surface area contributed by atoms with Gasteiger partial charge in [0.15, 0.2) is 5.11 Å². The number of hydrogen-bond acceptors (Lipinski definition) is 4. The van der Waals surface area contributed by atoms with Crippen molar-refractivity contribution in [3.8, 4) is 5.69 Å². The Bertz CT molecular complexity index is 1060. The van der Waals surface area contributed by atoms with Crippen molar-refractivity contribution in [2.24, 2.45) is 0 Å². The first-order valence-electron chi connectivity index (χ1n) is 11.7. The van der Waals surface area contributed by atoms with Gasteiger partial charge in [-0.3, -0.25) is 9.88 Å². The zero-order chi connectivity index (χ0) is 22.6. The van der Waals surface area contributed by atoms with E-state index in [0.29, 0.717) is 0 Å². The van der Waals surface area contributed by atoms with E-state index in [2.05, 4.69) is 80.3 Å². The van der Waals surface area contributed by atoms with Gasteiger partial charge >= 0.3 is 0 Å². The molecule has 5 rings (SSSR count). The number of benzene rings is 1. The molecule has 0 bridgehead atoms. The quantitative estimate of drug-likeness (QED) is 0.539. The summed E-state index contributed by atoms with van der Waals surface area (Å²) in [4.78, 5) is 9.52. The fourth-order valence-electron chi connectivity index (χ4n) is 4.83. The standard InChI is InChI=1S/C26H31N5OS/c1-20-8-10-21(11-9-20)30-14-4-7-23(30)25-24(22-6-2-3-12-27-22)28-26(33)31(25)15-5-13-29-16-18-32-19-17-29/h2-4,6-12,14,24-25H,5,13,15-19H2,1H3,(H,28,33)/t24-,25+/m1/s1. The molecule has 0 aliphatic carbocycles. The Balaban J connectivity index is 1.44. The molecular weight excluding hydrogens is 430 g/mol. The largest absolute Gasteiger partial charge is 0.379 e. The Morgan fingerprint density at radius 2 is 1.85 bits per heavy atom. The van der Waals surface area contributed by atoms with Crippen LogP contribution in [0.1, 0.15) is 35.5 Å². The third-order valence-corrected chi connectivity index (χ3v) is 6.92. The van der Waals surface area contributed by atoms with E-state index in [1.165, 1.54) is 11.3 Å². The maximum Gasteiger partial charge on any atom is 0.170 e. The zero-order valence-electron chi connectivity index (χ0n) is 19.1. The molecule has 4 heterocycles. The molecule has 2 saturated heterocycles. The Hall–Kier alpha value is -2.74. The molecule has 33 heavy (non-hydrogen) atoms. The lowest BCUT2D eigenvalue weighted by Crippen LogP contribution is -2.39. The third kappa shape index (κ3) is 4.81. The highest BCUT2D eigenvalue weighted by molar-refractivity contribution is 7.80. The zero-order valence-corrected chi connectivity index (χ0v) is 19.9. The normalized spacial score (nSPS) is 21.4. The summed E-state index contributed by atoms with van der Waals surface area (Å²) in [7, 11) is 0. The van der Waals surface area contributed by atoms with Crippen LogP contribution in [-0.2, 0) is 4.74 Å². The molecule has 0 saturated carbocycles. The van der Waals surface area contributed by atoms with E-state index in [1.807, 2.05) is 18.3 Å². The summed E-state index contributed by atoms with van der Waals surface area (Å²) in [5.74, 6) is 0. The molecule has 0 spiro atoms. The monoisotopic (exact) mass is 461 g/mol. The van der Waals surface area contributed by atoms with Gasteiger partial charge in [0.05, 0.1) is 31.0 Å². The van der Waals surface area contributed by atoms with Crippen molar-refractivity contribution in [3.63, 3.8) is 0 Å². The Labute approximate surface area is 201 Å². The summed E-state index contributed by atoms with van der Waals surface area (Å²) in [5, 5.41) is 4.38. The van der Waals surface area contributed by atoms with Crippen molar-refractivity contribution in [1.29, 1.82) is 0 Å². The van der Waals surface area contributed by atoms with Gasteiger partial charge in [-0.1, -0.05) is 23.8 Å². The molecule has 0 unspecified atom stereocenters. The summed E-state index contributed by atoms with van der Waals surface area (Å²) < 4.78 is 7.78. The van der Waals surface area contributed by atoms with Gasteiger partial charge in [0.2, 0.25) is 0 Å². The lowest BCUT2D eigenvalue weighted by atomic mass is 10.0. The van der Waals surface area contributed by atoms with Crippen molar-refractivity contribution in [2.45, 2.75) is 25.4 Å². The minimum Gasteiger partial charge on any atom is -0.379 e. The maximum atomic E-state index is 5.86. The number of aromatic nitrogens is 2. The van der Waals surface area contributed by atoms with Crippen molar-refractivity contribution >= 4 is 17.3 Å². The van der Waals surface area contributed by atoms with E-state index in [1.54, 1.807) is 0 Å². The molecule has 2 atom stereocenters. The average Bonchev–Trinajstić information content (AvgIpc) is 3.45. The van der Waals surface area contributed by atoms with Crippen LogP contribution in [-0.4, -0.2) is 63.9 Å². The van der Waals surface area contributed by atoms with Crippen LogP contribution in [0.5, 0.6) is 0 Å². The lowest BCUT2D eigenvalue weighted by Gasteiger charge is -2.31. The second-order valence-corrected chi connectivity index (χ2v) is 9.15. The van der Waals surface area contributed by atoms with Crippen LogP contribution in [0.4, 0.5) is 0 Å². The second-order valence-electron chi connectivity index (χ2n) is 8.77. The third-order valence-electron chi connectivity index (χ3n) is 6.57. The fourth-order valence-corrected chi connectivity index (χ4v) is 5.16. The van der Waals surface area contributed by atoms with Crippen LogP contribution in [0.2, 0.25) is 0 Å². The Morgan fingerprint density at radius 3 is 2.61 bits per heavy atom. The lowest BCUT2D eigenvalue weighted by molar-refractivity contribution is 0.0365. The fraction of sp³-hybridized carbons (Fsp3) is 0.385. The number of nitrogens with one attached hydrogen (secondary N) is 1. The predicted octanol–water partition coefficient (Wildman–Crippen LogP) is 3.88. The van der Waals surface area contributed by atoms with Gasteiger partial charge in [-0.05, 0) is 62.0 Å². The van der Waals surface area contributed by atoms with E-state index in [-0.39, 0.29) is 12.1 Å². The number of thiocarbonyl (C=S) groups is 1. The first-order valence-corrected chi connectivity index (χ1v) is 12.1. The molecule has 172 valence electrons. The Kier molecular flexibility index (Phi) is 6.71. The van der Waals surface area contributed by atoms with Crippen LogP contribution < -0.4 is 5.32 Å². The molecule has 2 aliphatic rings. The minimum atomic E-state index is 0.00110. The highest BCUT2D eigenvalue weighted by Crippen LogP contribution is 2.39. The van der Waals surface area contributed by atoms with Crippen LogP contribution in [0, 0.1) is 6.92 Å². The van der Waals surface area contributed by atoms with Gasteiger partial charge in [-0.25, -0.2) is 0 Å². The van der Waals surface area contributed by atoms with Gasteiger partial charge in [-0.2, -0.15) is 0 Å². The highest BCUT2D eigenvalue weighted by atomic mass is 32.1. The van der Waals surface area contributed by atoms with E-state index < -0.39 is 0 Å². The summed E-state index contributed by atoms with van der Waals surface area (Å²) in [6.07, 6.45) is 5.05. The molecule has 7 heteroatoms. The predicted molar refractivity (Wildman–Crippen MR) is 135 cm³/mol. The summed E-state index contributed by atoms with van der Waals surface area (Å²) in [5.41, 5.74) is 4.64. The average molecular weight is 462 g/mol. The molecule has 6 nitrogen and oxygen atoms in total. The topological polar surface area (TPSA) is 45.6 Å². The van der Waals surface area contributed by atoms with Gasteiger partial charge in [0, 0.05) is 50.0 Å². The molecule has 2 fully saturated rings. The number of morpholine rings is 1. The summed E-state index contributed by atoms with van der Waals surface area (Å²) in [6.45, 7) is 7.76. The SMILES string of the molecule is Cc1ccc(-n2cccc2[C@H]2[C@@H](c3ccccn3)NC(=S)N2CCCN2CCOCC2)cc1. The second kappa shape index (κ2) is 10.0. The molecular formula is C26H31N5OS. The van der Waals surface area contributed by atoms with E-state index in [0.717, 1.165) is 62.3 Å². The van der Waals surface area contributed by atoms with Crippen molar-refractivity contribution in [2.75, 3.05) is 39.4 Å². The maximum absolute atomic E-state index is 5.86. The smallest absolute Gasteiger partial charge is 0.170 e. The van der Waals surface area contributed by atoms with Crippen LogP contribution >= 0.6 is 12.2 Å². The molecule has 1 aromatic carbocycles. The summed E-state index contributed by atoms with van der Waals surface area (Å²) in [6, 6.07) is 19.2. The number of nitrogens with zero attached hydrogens (tertiary/aromatic N) is 4. The number of ether oxygens (including phenoxy) is 1. The molecule has 1 N–H and O–H groups in total. The van der Waals surface area contributed by atoms with Crippen LogP contribution in [0.25, 0.3) is 5.69 Å². The van der Waals surface area contributed by atoms with Gasteiger partial charge < -0.3 is 19.5 Å². The summed E-state index contributed by atoms with van der Waals surface area (Å²) >= 11 is 5.86. The van der Waals surface area contributed by atoms with Crippen molar-refractivity contribution < 1.29 is 4.74 Å². The van der Waals surface area contributed by atoms with E-state index in [4.69, 9.17) is 17.0 Å². The van der Waals surface area contributed by atoms with Crippen molar-refractivity contribution in [3.05, 3.63) is 83.9 Å². The van der Waals surface area contributed by atoms with Crippen LogP contribution in [0.3, 0.4) is 0 Å². The minimum absolute atomic E-state index is 0.00110. The van der Waals surface area contributed by atoms with Gasteiger partial charge in [0.1, 0.15) is 0 Å². The molecule has 2 aliphatic heterocycles. The number of pyridine rings is 1. The first kappa shape index (κ1) is 22.1. The molecule has 3 aromatic rings. The van der Waals surface area contributed by atoms with Gasteiger partial charge in [-0.15, -0.1) is 0 Å². The van der Waals surface area contributed by atoms with Crippen molar-refractivity contribution in [1.82, 2.24) is 24.7 Å². The number of aryl methyl sites for hydroxylation is 1. The first-order chi connectivity index (χ1) is 16.2. The van der Waals surface area contributed by atoms with E-state index in [9.17, 15) is 0 Å². The van der Waals surface area contributed by atoms with E-state index >= 15 is 0 Å². The van der Waals surface area contributed by atoms with Crippen LogP contribution in [0.15, 0.2) is 67.0 Å². The molecule has 0 radical (unpaired) electrons. The number of rotatable bonds is 7. The van der Waals surface area contributed by atoms with Gasteiger partial charge in [0.25, 0.3) is 0 Å². The Morgan fingerprint density at radius 1 is 1.03 bits per heavy atom. The molecule has 2 aromatic heterocycles. The highest BCUT2D eigenvalue weighted by Gasteiger charge is 2.41.